The van der Waals surface area contributed by atoms with Crippen LogP contribution in [-0.2, 0) is 9.53 Å². The summed E-state index contributed by atoms with van der Waals surface area (Å²) >= 11 is 0. The van der Waals surface area contributed by atoms with Crippen LogP contribution in [0.4, 0.5) is 17.5 Å². The first-order chi connectivity index (χ1) is 13.6. The molecular weight excluding hydrogens is 358 g/mol. The minimum Gasteiger partial charge on any atom is -0.381 e. The summed E-state index contributed by atoms with van der Waals surface area (Å²) < 4.78 is 7.15. The molecule has 9 heteroatoms. The first-order valence-corrected chi connectivity index (χ1v) is 9.46. The average Bonchev–Trinajstić information content (AvgIpc) is 3.25. The zero-order valence-electron chi connectivity index (χ0n) is 15.8. The molecule has 5 heterocycles. The van der Waals surface area contributed by atoms with Gasteiger partial charge in [-0.2, -0.15) is 10.1 Å². The molecule has 1 atom stereocenters. The highest BCUT2D eigenvalue weighted by Crippen LogP contribution is 2.39. The van der Waals surface area contributed by atoms with Gasteiger partial charge in [0.2, 0.25) is 11.9 Å². The lowest BCUT2D eigenvalue weighted by molar-refractivity contribution is -0.119. The van der Waals surface area contributed by atoms with Crippen LogP contribution in [0, 0.1) is 6.92 Å². The summed E-state index contributed by atoms with van der Waals surface area (Å²) in [7, 11) is 0. The molecule has 1 amide bonds. The first kappa shape index (κ1) is 17.1. The van der Waals surface area contributed by atoms with E-state index in [9.17, 15) is 4.79 Å². The van der Waals surface area contributed by atoms with Crippen LogP contribution in [0.1, 0.15) is 36.8 Å². The first-order valence-electron chi connectivity index (χ1n) is 9.46. The van der Waals surface area contributed by atoms with E-state index < -0.39 is 0 Å². The summed E-state index contributed by atoms with van der Waals surface area (Å²) in [5.41, 5.74) is 3.51. The Bertz CT molecular complexity index is 1060. The number of nitrogens with zero attached hydrogens (tertiary/aromatic N) is 6. The molecule has 5 rings (SSSR count). The Labute approximate surface area is 161 Å². The van der Waals surface area contributed by atoms with Gasteiger partial charge in [-0.15, -0.1) is 0 Å². The molecular formula is C19H21N7O2. The summed E-state index contributed by atoms with van der Waals surface area (Å²) in [5, 5.41) is 7.44. The van der Waals surface area contributed by atoms with Gasteiger partial charge >= 0.3 is 0 Å². The van der Waals surface area contributed by atoms with E-state index >= 15 is 0 Å². The minimum absolute atomic E-state index is 0.0913. The Balaban J connectivity index is 1.50. The van der Waals surface area contributed by atoms with Crippen LogP contribution in [0.2, 0.25) is 0 Å². The number of hydrogen-bond donors (Lipinski definition) is 1. The van der Waals surface area contributed by atoms with Crippen molar-refractivity contribution >= 4 is 29.0 Å². The predicted molar refractivity (Wildman–Crippen MR) is 103 cm³/mol. The van der Waals surface area contributed by atoms with E-state index in [0.29, 0.717) is 25.0 Å². The van der Waals surface area contributed by atoms with Crippen molar-refractivity contribution in [3.8, 4) is 0 Å². The predicted octanol–water partition coefficient (Wildman–Crippen LogP) is 2.20. The third kappa shape index (κ3) is 2.70. The van der Waals surface area contributed by atoms with E-state index in [2.05, 4.69) is 20.4 Å². The lowest BCUT2D eigenvalue weighted by Gasteiger charge is -2.31. The van der Waals surface area contributed by atoms with Gasteiger partial charge in [-0.25, -0.2) is 14.5 Å². The topological polar surface area (TPSA) is 97.5 Å². The fraction of sp³-hybridized carbons (Fsp3) is 0.421. The number of fused-ring (bicyclic) bond motifs is 2. The van der Waals surface area contributed by atoms with Crippen molar-refractivity contribution in [1.29, 1.82) is 0 Å². The Morgan fingerprint density at radius 2 is 2.07 bits per heavy atom. The second kappa shape index (κ2) is 6.52. The molecule has 0 aliphatic carbocycles. The molecule has 28 heavy (non-hydrogen) atoms. The van der Waals surface area contributed by atoms with E-state index in [1.54, 1.807) is 10.7 Å². The number of hydrogen-bond acceptors (Lipinski definition) is 7. The molecule has 3 aromatic rings. The van der Waals surface area contributed by atoms with Gasteiger partial charge in [0, 0.05) is 31.0 Å². The summed E-state index contributed by atoms with van der Waals surface area (Å²) in [4.78, 5) is 28.1. The Hall–Kier alpha value is -3.07. The van der Waals surface area contributed by atoms with Crippen molar-refractivity contribution in [2.75, 3.05) is 23.4 Å². The molecule has 0 aromatic carbocycles. The lowest BCUT2D eigenvalue weighted by Crippen LogP contribution is -2.42. The maximum absolute atomic E-state index is 12.9. The maximum Gasteiger partial charge on any atom is 0.235 e. The second-order valence-corrected chi connectivity index (χ2v) is 7.30. The summed E-state index contributed by atoms with van der Waals surface area (Å²) in [5.74, 6) is 1.04. The SMILES string of the molecule is Cc1cc2ncnn2cc1Nc1ncc2c(n1)N(C1CCOCC1)C(=O)C2C. The van der Waals surface area contributed by atoms with Crippen LogP contribution in [0.15, 0.2) is 24.8 Å². The van der Waals surface area contributed by atoms with Gasteiger partial charge < -0.3 is 10.1 Å². The van der Waals surface area contributed by atoms with Crippen molar-refractivity contribution in [2.24, 2.45) is 0 Å². The van der Waals surface area contributed by atoms with Crippen molar-refractivity contribution in [1.82, 2.24) is 24.6 Å². The van der Waals surface area contributed by atoms with Crippen LogP contribution in [0.25, 0.3) is 5.65 Å². The van der Waals surface area contributed by atoms with Crippen LogP contribution < -0.4 is 10.2 Å². The van der Waals surface area contributed by atoms with Crippen molar-refractivity contribution < 1.29 is 9.53 Å². The molecule has 9 nitrogen and oxygen atoms in total. The highest BCUT2D eigenvalue weighted by molar-refractivity contribution is 6.04. The number of aromatic nitrogens is 5. The fourth-order valence-electron chi connectivity index (χ4n) is 3.89. The second-order valence-electron chi connectivity index (χ2n) is 7.30. The van der Waals surface area contributed by atoms with Crippen molar-refractivity contribution in [3.05, 3.63) is 35.9 Å². The number of pyridine rings is 1. The molecule has 2 aliphatic rings. The Morgan fingerprint density at radius 1 is 1.25 bits per heavy atom. The molecule has 3 aromatic heterocycles. The monoisotopic (exact) mass is 379 g/mol. The van der Waals surface area contributed by atoms with E-state index in [4.69, 9.17) is 9.72 Å². The maximum atomic E-state index is 12.9. The van der Waals surface area contributed by atoms with E-state index in [1.165, 1.54) is 6.33 Å². The number of carbonyl (C=O) groups excluding carboxylic acids is 1. The van der Waals surface area contributed by atoms with E-state index in [0.717, 1.165) is 35.3 Å². The number of aryl methyl sites for hydroxylation is 1. The molecule has 144 valence electrons. The van der Waals surface area contributed by atoms with Crippen LogP contribution in [0.5, 0.6) is 0 Å². The lowest BCUT2D eigenvalue weighted by atomic mass is 10.1. The number of anilines is 3. The smallest absolute Gasteiger partial charge is 0.235 e. The molecule has 1 unspecified atom stereocenters. The highest BCUT2D eigenvalue weighted by Gasteiger charge is 2.40. The van der Waals surface area contributed by atoms with E-state index in [1.807, 2.05) is 31.0 Å². The van der Waals surface area contributed by atoms with Crippen LogP contribution >= 0.6 is 0 Å². The van der Waals surface area contributed by atoms with Gasteiger partial charge in [0.05, 0.1) is 17.8 Å². The standard InChI is InChI=1S/C19H21N7O2/c1-11-7-16-21-10-22-25(16)9-15(11)23-19-20-8-14-12(2)18(27)26(17(14)24-19)13-3-5-28-6-4-13/h7-10,12-13H,3-6H2,1-2H3,(H,20,23,24). The third-order valence-corrected chi connectivity index (χ3v) is 5.52. The normalized spacial score (nSPS) is 20.0. The molecule has 0 spiro atoms. The number of amides is 1. The van der Waals surface area contributed by atoms with Gasteiger partial charge in [-0.05, 0) is 38.3 Å². The molecule has 0 radical (unpaired) electrons. The average molecular weight is 379 g/mol. The third-order valence-electron chi connectivity index (χ3n) is 5.52. The van der Waals surface area contributed by atoms with Gasteiger partial charge in [-0.1, -0.05) is 0 Å². The van der Waals surface area contributed by atoms with Gasteiger partial charge in [0.1, 0.15) is 12.1 Å². The van der Waals surface area contributed by atoms with Crippen LogP contribution in [0.3, 0.4) is 0 Å². The Morgan fingerprint density at radius 3 is 2.89 bits per heavy atom. The minimum atomic E-state index is -0.222. The van der Waals surface area contributed by atoms with Crippen molar-refractivity contribution in [2.45, 2.75) is 38.6 Å². The summed E-state index contributed by atoms with van der Waals surface area (Å²) in [6.07, 6.45) is 6.79. The zero-order valence-corrected chi connectivity index (χ0v) is 15.8. The largest absolute Gasteiger partial charge is 0.381 e. The zero-order chi connectivity index (χ0) is 19.3. The van der Waals surface area contributed by atoms with Crippen molar-refractivity contribution in [3.63, 3.8) is 0 Å². The number of nitrogens with one attached hydrogen (secondary N) is 1. The van der Waals surface area contributed by atoms with E-state index in [-0.39, 0.29) is 17.9 Å². The van der Waals surface area contributed by atoms with Gasteiger partial charge in [0.15, 0.2) is 5.65 Å². The molecule has 0 bridgehead atoms. The molecule has 0 saturated carbocycles. The summed E-state index contributed by atoms with van der Waals surface area (Å²) in [6.45, 7) is 5.25. The molecule has 2 aliphatic heterocycles. The molecule has 1 N–H and O–H groups in total. The van der Waals surface area contributed by atoms with Crippen LogP contribution in [-0.4, -0.2) is 49.7 Å². The Kier molecular flexibility index (Phi) is 3.97. The molecule has 1 fully saturated rings. The quantitative estimate of drug-likeness (QED) is 0.745. The fourth-order valence-corrected chi connectivity index (χ4v) is 3.89. The van der Waals surface area contributed by atoms with Gasteiger partial charge in [0.25, 0.3) is 0 Å². The number of ether oxygens (including phenoxy) is 1. The number of rotatable bonds is 3. The highest BCUT2D eigenvalue weighted by atomic mass is 16.5. The summed E-state index contributed by atoms with van der Waals surface area (Å²) in [6, 6.07) is 2.07. The number of carbonyl (C=O) groups is 1. The van der Waals surface area contributed by atoms with Gasteiger partial charge in [-0.3, -0.25) is 9.69 Å². The molecule has 1 saturated heterocycles.